The van der Waals surface area contributed by atoms with Crippen molar-refractivity contribution in [3.8, 4) is 0 Å². The molecule has 0 aliphatic heterocycles. The van der Waals surface area contributed by atoms with Crippen LogP contribution in [0.2, 0.25) is 0 Å². The highest BCUT2D eigenvalue weighted by Crippen LogP contribution is 2.63. The van der Waals surface area contributed by atoms with Crippen molar-refractivity contribution in [2.75, 3.05) is 6.61 Å². The fourth-order valence-electron chi connectivity index (χ4n) is 2.75. The Hall–Kier alpha value is -0.413. The van der Waals surface area contributed by atoms with Crippen LogP contribution in [0.3, 0.4) is 0 Å². The number of ketones is 1. The van der Waals surface area contributed by atoms with Gasteiger partial charge in [0.2, 0.25) is 0 Å². The summed E-state index contributed by atoms with van der Waals surface area (Å²) in [5.41, 5.74) is 0.819. The zero-order valence-corrected chi connectivity index (χ0v) is 13.0. The summed E-state index contributed by atoms with van der Waals surface area (Å²) in [7, 11) is 0.639. The van der Waals surface area contributed by atoms with E-state index in [-0.39, 0.29) is 12.4 Å². The second-order valence-corrected chi connectivity index (χ2v) is 5.85. The molecular formula is C13H24O2Si. The standard InChI is InChI=1S/C8H14.C5H10O2Si/c1-6-5-7-3-4-8(6,7)2;1-2-3-5(6)4-7-8/h6-7H,3-5H2,1-2H3;2-3H,4H2,1,8H3. The number of hydrogen-bond donors (Lipinski definition) is 0. The van der Waals surface area contributed by atoms with E-state index in [1.54, 1.807) is 6.08 Å². The van der Waals surface area contributed by atoms with E-state index in [2.05, 4.69) is 13.8 Å². The molecular weight excluding hydrogens is 216 g/mol. The molecule has 0 aromatic rings. The molecule has 0 bridgehead atoms. The maximum atomic E-state index is 10.5. The number of carbonyl (C=O) groups excluding carboxylic acids is 1. The van der Waals surface area contributed by atoms with Gasteiger partial charge in [-0.25, -0.2) is 0 Å². The van der Waals surface area contributed by atoms with Gasteiger partial charge in [0.25, 0.3) is 0 Å². The Bertz CT molecular complexity index is 269. The van der Waals surface area contributed by atoms with Gasteiger partial charge in [0, 0.05) is 0 Å². The van der Waals surface area contributed by atoms with Crippen LogP contribution < -0.4 is 0 Å². The number of hydrogen-bond acceptors (Lipinski definition) is 2. The highest BCUT2D eigenvalue weighted by Gasteiger charge is 2.54. The van der Waals surface area contributed by atoms with E-state index in [0.29, 0.717) is 10.5 Å². The third-order valence-electron chi connectivity index (χ3n) is 4.37. The fraction of sp³-hybridized carbons (Fsp3) is 0.769. The van der Waals surface area contributed by atoms with Crippen molar-refractivity contribution in [2.45, 2.75) is 40.0 Å². The summed E-state index contributed by atoms with van der Waals surface area (Å²) in [6.45, 7) is 6.91. The molecule has 2 rings (SSSR count). The summed E-state index contributed by atoms with van der Waals surface area (Å²) in [6, 6.07) is 0. The summed E-state index contributed by atoms with van der Waals surface area (Å²) in [5, 5.41) is 0. The Morgan fingerprint density at radius 2 is 2.31 bits per heavy atom. The molecule has 2 aliphatic rings. The van der Waals surface area contributed by atoms with E-state index in [1.165, 1.54) is 25.3 Å². The lowest BCUT2D eigenvalue weighted by molar-refractivity contribution is -0.117. The lowest BCUT2D eigenvalue weighted by Crippen LogP contribution is -2.52. The normalized spacial score (nSPS) is 35.7. The van der Waals surface area contributed by atoms with Gasteiger partial charge in [-0.1, -0.05) is 19.9 Å². The lowest BCUT2D eigenvalue weighted by Gasteiger charge is -2.61. The van der Waals surface area contributed by atoms with Crippen LogP contribution in [-0.2, 0) is 9.22 Å². The molecule has 0 aromatic heterocycles. The predicted octanol–water partition coefficient (Wildman–Crippen LogP) is 1.87. The molecule has 2 fully saturated rings. The van der Waals surface area contributed by atoms with Crippen molar-refractivity contribution in [3.63, 3.8) is 0 Å². The number of allylic oxidation sites excluding steroid dienone is 1. The first-order valence-corrected chi connectivity index (χ1v) is 7.00. The van der Waals surface area contributed by atoms with E-state index in [9.17, 15) is 4.79 Å². The zero-order valence-electron chi connectivity index (χ0n) is 11.0. The van der Waals surface area contributed by atoms with E-state index in [0.717, 1.165) is 17.3 Å². The summed E-state index contributed by atoms with van der Waals surface area (Å²) in [5.74, 6) is 2.22. The predicted molar refractivity (Wildman–Crippen MR) is 70.3 cm³/mol. The van der Waals surface area contributed by atoms with Crippen molar-refractivity contribution in [2.24, 2.45) is 17.3 Å². The minimum atomic E-state index is 0.0440. The minimum absolute atomic E-state index is 0.0440. The molecule has 3 atom stereocenters. The molecule has 3 heteroatoms. The van der Waals surface area contributed by atoms with Crippen LogP contribution in [0.1, 0.15) is 40.0 Å². The molecule has 0 N–H and O–H groups in total. The molecule has 2 nitrogen and oxygen atoms in total. The Balaban J connectivity index is 0.000000160. The van der Waals surface area contributed by atoms with Crippen LogP contribution in [0, 0.1) is 17.3 Å². The summed E-state index contributed by atoms with van der Waals surface area (Å²) in [6.07, 6.45) is 7.79. The van der Waals surface area contributed by atoms with Gasteiger partial charge in [-0.2, -0.15) is 0 Å². The SMILES string of the molecule is CC1CC2CCC12C.CC=CC(=O)CO[SiH3]. The smallest absolute Gasteiger partial charge is 0.179 e. The van der Waals surface area contributed by atoms with Crippen LogP contribution in [-0.4, -0.2) is 22.9 Å². The maximum absolute atomic E-state index is 10.5. The molecule has 3 unspecified atom stereocenters. The van der Waals surface area contributed by atoms with E-state index >= 15 is 0 Å². The van der Waals surface area contributed by atoms with Crippen LogP contribution in [0.15, 0.2) is 12.2 Å². The first-order valence-electron chi connectivity index (χ1n) is 6.19. The zero-order chi connectivity index (χ0) is 12.2. The average molecular weight is 240 g/mol. The monoisotopic (exact) mass is 240 g/mol. The van der Waals surface area contributed by atoms with Gasteiger partial charge in [-0.3, -0.25) is 4.79 Å². The molecule has 0 amide bonds. The quantitative estimate of drug-likeness (QED) is 0.556. The van der Waals surface area contributed by atoms with Gasteiger partial charge in [0.1, 0.15) is 10.5 Å². The van der Waals surface area contributed by atoms with Gasteiger partial charge in [0.05, 0.1) is 6.61 Å². The minimum Gasteiger partial charge on any atom is -0.420 e. The van der Waals surface area contributed by atoms with Gasteiger partial charge in [-0.05, 0) is 49.5 Å². The van der Waals surface area contributed by atoms with Gasteiger partial charge in [0.15, 0.2) is 5.78 Å². The Morgan fingerprint density at radius 3 is 2.50 bits per heavy atom. The van der Waals surface area contributed by atoms with Gasteiger partial charge in [-0.15, -0.1) is 0 Å². The molecule has 2 aliphatic carbocycles. The first-order chi connectivity index (χ1) is 7.54. The third kappa shape index (κ3) is 2.83. The van der Waals surface area contributed by atoms with Crippen LogP contribution in [0.25, 0.3) is 0 Å². The summed E-state index contributed by atoms with van der Waals surface area (Å²) in [4.78, 5) is 10.5. The van der Waals surface area contributed by atoms with Crippen LogP contribution in [0.4, 0.5) is 0 Å². The van der Waals surface area contributed by atoms with Crippen LogP contribution >= 0.6 is 0 Å². The molecule has 0 saturated heterocycles. The average Bonchev–Trinajstić information content (AvgIpc) is 2.25. The topological polar surface area (TPSA) is 26.3 Å². The molecule has 92 valence electrons. The molecule has 0 heterocycles. The van der Waals surface area contributed by atoms with Crippen molar-refractivity contribution in [1.29, 1.82) is 0 Å². The molecule has 16 heavy (non-hydrogen) atoms. The molecule has 2 saturated carbocycles. The summed E-state index contributed by atoms with van der Waals surface area (Å²) >= 11 is 0. The van der Waals surface area contributed by atoms with E-state index in [4.69, 9.17) is 4.43 Å². The number of fused-ring (bicyclic) bond motifs is 1. The maximum Gasteiger partial charge on any atom is 0.179 e. The van der Waals surface area contributed by atoms with Gasteiger partial charge >= 0.3 is 0 Å². The fourth-order valence-corrected chi connectivity index (χ4v) is 3.04. The number of carbonyl (C=O) groups is 1. The van der Waals surface area contributed by atoms with E-state index in [1.807, 2.05) is 6.92 Å². The van der Waals surface area contributed by atoms with Crippen molar-refractivity contribution < 1.29 is 9.22 Å². The first kappa shape index (κ1) is 13.7. The van der Waals surface area contributed by atoms with Crippen LogP contribution in [0.5, 0.6) is 0 Å². The molecule has 0 aromatic carbocycles. The lowest BCUT2D eigenvalue weighted by atomic mass is 9.44. The molecule has 0 spiro atoms. The van der Waals surface area contributed by atoms with Crippen molar-refractivity contribution >= 4 is 16.3 Å². The highest BCUT2D eigenvalue weighted by molar-refractivity contribution is 6.00. The molecule has 0 radical (unpaired) electrons. The van der Waals surface area contributed by atoms with Gasteiger partial charge < -0.3 is 4.43 Å². The Labute approximate surface area is 102 Å². The van der Waals surface area contributed by atoms with Crippen molar-refractivity contribution in [3.05, 3.63) is 12.2 Å². The highest BCUT2D eigenvalue weighted by atomic mass is 28.2. The third-order valence-corrected chi connectivity index (χ3v) is 4.66. The largest absolute Gasteiger partial charge is 0.420 e. The Morgan fingerprint density at radius 1 is 1.62 bits per heavy atom. The summed E-state index contributed by atoms with van der Waals surface area (Å²) < 4.78 is 4.69. The second-order valence-electron chi connectivity index (χ2n) is 5.28. The van der Waals surface area contributed by atoms with Crippen molar-refractivity contribution in [1.82, 2.24) is 0 Å². The number of rotatable bonds is 3. The Kier molecular flexibility index (Phi) is 4.93. The second kappa shape index (κ2) is 5.78. The van der Waals surface area contributed by atoms with E-state index < -0.39 is 0 Å².